The molecule has 2 atom stereocenters. The fourth-order valence-electron chi connectivity index (χ4n) is 5.58. The summed E-state index contributed by atoms with van der Waals surface area (Å²) in [5.41, 5.74) is 1.79. The first kappa shape index (κ1) is 29.3. The van der Waals surface area contributed by atoms with Gasteiger partial charge in [0.05, 0.1) is 24.6 Å². The number of phenols is 1. The third-order valence-electron chi connectivity index (χ3n) is 7.58. The SMILES string of the molecule is C=CCN1CC(=O)N2[C@@H](Cc3ccc(O)cc3)C(=O)N(Cc3ccccc3[N+](=O)[O-])C[C@@H]2N1C(=O)NCc1ccccc1. The van der Waals surface area contributed by atoms with E-state index in [9.17, 15) is 29.6 Å². The lowest BCUT2D eigenvalue weighted by Crippen LogP contribution is -2.76. The largest absolute Gasteiger partial charge is 0.508 e. The Bertz CT molecular complexity index is 1510. The Hall–Kier alpha value is -5.23. The van der Waals surface area contributed by atoms with Gasteiger partial charge in [-0.25, -0.2) is 14.8 Å². The van der Waals surface area contributed by atoms with Crippen LogP contribution >= 0.6 is 0 Å². The molecule has 0 bridgehead atoms. The predicted octanol–water partition coefficient (Wildman–Crippen LogP) is 3.04. The number of piperazine rings is 1. The van der Waals surface area contributed by atoms with E-state index < -0.39 is 29.1 Å². The van der Waals surface area contributed by atoms with E-state index in [0.717, 1.165) is 5.56 Å². The number of phenolic OH excluding ortho intramolecular Hbond substituents is 1. The van der Waals surface area contributed by atoms with Gasteiger partial charge >= 0.3 is 6.03 Å². The van der Waals surface area contributed by atoms with Crippen molar-refractivity contribution in [1.82, 2.24) is 25.1 Å². The molecule has 0 aliphatic carbocycles. The van der Waals surface area contributed by atoms with Crippen LogP contribution in [0.2, 0.25) is 0 Å². The zero-order chi connectivity index (χ0) is 30.5. The maximum absolute atomic E-state index is 14.0. The molecule has 222 valence electrons. The van der Waals surface area contributed by atoms with E-state index in [4.69, 9.17) is 0 Å². The molecule has 12 heteroatoms. The van der Waals surface area contributed by atoms with E-state index in [1.807, 2.05) is 30.3 Å². The monoisotopic (exact) mass is 584 g/mol. The molecule has 43 heavy (non-hydrogen) atoms. The van der Waals surface area contributed by atoms with Gasteiger partial charge in [-0.1, -0.05) is 66.7 Å². The number of benzene rings is 3. The molecule has 0 unspecified atom stereocenters. The van der Waals surface area contributed by atoms with Crippen molar-refractivity contribution >= 4 is 23.5 Å². The van der Waals surface area contributed by atoms with Crippen molar-refractivity contribution in [3.8, 4) is 5.75 Å². The van der Waals surface area contributed by atoms with Crippen LogP contribution in [0, 0.1) is 10.1 Å². The fourth-order valence-corrected chi connectivity index (χ4v) is 5.58. The number of amides is 4. The number of hydrogen-bond acceptors (Lipinski definition) is 7. The molecular weight excluding hydrogens is 552 g/mol. The first-order chi connectivity index (χ1) is 20.8. The molecule has 2 heterocycles. The smallest absolute Gasteiger partial charge is 0.334 e. The average molecular weight is 585 g/mol. The number of hydrogen-bond donors (Lipinski definition) is 2. The maximum Gasteiger partial charge on any atom is 0.334 e. The quantitative estimate of drug-likeness (QED) is 0.224. The molecule has 2 aliphatic rings. The lowest BCUT2D eigenvalue weighted by atomic mass is 9.98. The number of carbonyl (C=O) groups excluding carboxylic acids is 3. The summed E-state index contributed by atoms with van der Waals surface area (Å²) in [7, 11) is 0. The van der Waals surface area contributed by atoms with Gasteiger partial charge in [0.2, 0.25) is 11.8 Å². The molecule has 0 radical (unpaired) electrons. The van der Waals surface area contributed by atoms with Gasteiger partial charge < -0.3 is 20.2 Å². The predicted molar refractivity (Wildman–Crippen MR) is 157 cm³/mol. The molecular formula is C31H32N6O6. The summed E-state index contributed by atoms with van der Waals surface area (Å²) in [6.07, 6.45) is 0.822. The first-order valence-corrected chi connectivity index (χ1v) is 13.8. The molecule has 5 rings (SSSR count). The summed E-state index contributed by atoms with van der Waals surface area (Å²) in [5, 5.41) is 27.5. The van der Waals surface area contributed by atoms with Crippen LogP contribution in [0.25, 0.3) is 0 Å². The summed E-state index contributed by atoms with van der Waals surface area (Å²) in [6.45, 7) is 3.94. The Morgan fingerprint density at radius 1 is 1.02 bits per heavy atom. The van der Waals surface area contributed by atoms with Crippen LogP contribution in [0.5, 0.6) is 5.75 Å². The summed E-state index contributed by atoms with van der Waals surface area (Å²) in [4.78, 5) is 55.7. The maximum atomic E-state index is 14.0. The van der Waals surface area contributed by atoms with E-state index in [2.05, 4.69) is 11.9 Å². The molecule has 2 fully saturated rings. The summed E-state index contributed by atoms with van der Waals surface area (Å²) < 4.78 is 0. The summed E-state index contributed by atoms with van der Waals surface area (Å²) in [6, 6.07) is 20.5. The van der Waals surface area contributed by atoms with Crippen molar-refractivity contribution in [3.63, 3.8) is 0 Å². The van der Waals surface area contributed by atoms with E-state index in [1.165, 1.54) is 33.0 Å². The number of rotatable bonds is 9. The van der Waals surface area contributed by atoms with E-state index in [1.54, 1.807) is 41.4 Å². The number of carbonyl (C=O) groups is 3. The summed E-state index contributed by atoms with van der Waals surface area (Å²) in [5.74, 6) is -0.663. The third-order valence-corrected chi connectivity index (χ3v) is 7.58. The van der Waals surface area contributed by atoms with Crippen LogP contribution < -0.4 is 5.32 Å². The van der Waals surface area contributed by atoms with Gasteiger partial charge in [-0.05, 0) is 23.3 Å². The van der Waals surface area contributed by atoms with Crippen molar-refractivity contribution in [3.05, 3.63) is 118 Å². The number of nitro groups is 1. The van der Waals surface area contributed by atoms with E-state index in [0.29, 0.717) is 11.1 Å². The highest BCUT2D eigenvalue weighted by atomic mass is 16.6. The Kier molecular flexibility index (Phi) is 8.67. The van der Waals surface area contributed by atoms with Gasteiger partial charge in [0.1, 0.15) is 18.0 Å². The highest BCUT2D eigenvalue weighted by Crippen LogP contribution is 2.31. The lowest BCUT2D eigenvalue weighted by molar-refractivity contribution is -0.385. The minimum Gasteiger partial charge on any atom is -0.508 e. The zero-order valence-corrected chi connectivity index (χ0v) is 23.4. The molecule has 0 spiro atoms. The van der Waals surface area contributed by atoms with Crippen molar-refractivity contribution in [2.24, 2.45) is 0 Å². The number of para-hydroxylation sites is 1. The molecule has 2 saturated heterocycles. The van der Waals surface area contributed by atoms with Gasteiger partial charge in [-0.3, -0.25) is 19.7 Å². The lowest BCUT2D eigenvalue weighted by Gasteiger charge is -2.55. The van der Waals surface area contributed by atoms with Crippen LogP contribution in [0.15, 0.2) is 91.5 Å². The van der Waals surface area contributed by atoms with Crippen molar-refractivity contribution in [2.75, 3.05) is 19.6 Å². The normalized spacial score (nSPS) is 18.7. The zero-order valence-electron chi connectivity index (χ0n) is 23.4. The van der Waals surface area contributed by atoms with Gasteiger partial charge in [-0.15, -0.1) is 6.58 Å². The Morgan fingerprint density at radius 2 is 1.72 bits per heavy atom. The van der Waals surface area contributed by atoms with Crippen LogP contribution in [0.1, 0.15) is 16.7 Å². The van der Waals surface area contributed by atoms with Gasteiger partial charge in [0.25, 0.3) is 5.69 Å². The van der Waals surface area contributed by atoms with Crippen molar-refractivity contribution in [2.45, 2.75) is 31.7 Å². The molecule has 2 aliphatic heterocycles. The number of nitrogens with one attached hydrogen (secondary N) is 1. The highest BCUT2D eigenvalue weighted by molar-refractivity contribution is 5.91. The van der Waals surface area contributed by atoms with Gasteiger partial charge in [-0.2, -0.15) is 0 Å². The number of nitro benzene ring substituents is 1. The molecule has 2 N–H and O–H groups in total. The first-order valence-electron chi connectivity index (χ1n) is 13.8. The van der Waals surface area contributed by atoms with Crippen LogP contribution in [0.3, 0.4) is 0 Å². The summed E-state index contributed by atoms with van der Waals surface area (Å²) >= 11 is 0. The number of urea groups is 1. The number of hydrazine groups is 1. The van der Waals surface area contributed by atoms with Gasteiger partial charge in [0, 0.05) is 31.1 Å². The van der Waals surface area contributed by atoms with Crippen molar-refractivity contribution < 1.29 is 24.4 Å². The van der Waals surface area contributed by atoms with Crippen LogP contribution in [-0.4, -0.2) is 79.5 Å². The minimum absolute atomic E-state index is 0.0602. The second-order valence-corrected chi connectivity index (χ2v) is 10.4. The van der Waals surface area contributed by atoms with Crippen LogP contribution in [-0.2, 0) is 29.1 Å². The standard InChI is InChI=1S/C31H32N6O6/c1-2-16-34-21-29(39)35-27(17-22-12-14-25(38)15-13-22)30(40)33(19-24-10-6-7-11-26(24)37(42)43)20-28(35)36(34)31(41)32-18-23-8-4-3-5-9-23/h2-15,27-28,38H,1,16-21H2,(H,32,41)/t27-,28-/m0/s1. The topological polar surface area (TPSA) is 140 Å². The second kappa shape index (κ2) is 12.7. The Labute approximate surface area is 248 Å². The molecule has 0 saturated carbocycles. The number of nitrogens with zero attached hydrogens (tertiary/aromatic N) is 5. The third kappa shape index (κ3) is 6.33. The molecule has 0 aromatic heterocycles. The van der Waals surface area contributed by atoms with Gasteiger partial charge in [0.15, 0.2) is 0 Å². The van der Waals surface area contributed by atoms with Crippen LogP contribution in [0.4, 0.5) is 10.5 Å². The number of fused-ring (bicyclic) bond motifs is 1. The second-order valence-electron chi connectivity index (χ2n) is 10.4. The molecule has 12 nitrogen and oxygen atoms in total. The highest BCUT2D eigenvalue weighted by Gasteiger charge is 2.51. The molecule has 3 aromatic carbocycles. The van der Waals surface area contributed by atoms with Crippen molar-refractivity contribution in [1.29, 1.82) is 0 Å². The average Bonchev–Trinajstić information content (AvgIpc) is 3.00. The Balaban J connectivity index is 1.52. The molecule has 4 amide bonds. The van der Waals surface area contributed by atoms with E-state index >= 15 is 0 Å². The molecule has 3 aromatic rings. The van der Waals surface area contributed by atoms with E-state index in [-0.39, 0.29) is 56.5 Å². The minimum atomic E-state index is -0.992. The Morgan fingerprint density at radius 3 is 2.42 bits per heavy atom. The number of aromatic hydroxyl groups is 1. The fraction of sp³-hybridized carbons (Fsp3) is 0.258.